The van der Waals surface area contributed by atoms with Crippen molar-refractivity contribution in [3.63, 3.8) is 0 Å². The molecule has 164 valence electrons. The van der Waals surface area contributed by atoms with E-state index >= 15 is 0 Å². The van der Waals surface area contributed by atoms with Crippen LogP contribution in [0.15, 0.2) is 23.2 Å². The zero-order valence-corrected chi connectivity index (χ0v) is 19.3. The minimum atomic E-state index is -2.92. The first-order chi connectivity index (χ1) is 13.4. The Morgan fingerprint density at radius 1 is 1.41 bits per heavy atom. The third-order valence-electron chi connectivity index (χ3n) is 4.30. The van der Waals surface area contributed by atoms with Gasteiger partial charge in [0.1, 0.15) is 5.75 Å². The minimum Gasteiger partial charge on any atom is -0.434 e. The number of guanidine groups is 1. The highest BCUT2D eigenvalue weighted by molar-refractivity contribution is 14.0. The maximum Gasteiger partial charge on any atom is 0.387 e. The molecule has 0 aliphatic carbocycles. The number of aliphatic imine (C=N–C) groups is 1. The van der Waals surface area contributed by atoms with Crippen LogP contribution >= 0.6 is 35.6 Å². The average Bonchev–Trinajstić information content (AvgIpc) is 2.62. The van der Waals surface area contributed by atoms with E-state index in [-0.39, 0.29) is 54.8 Å². The van der Waals surface area contributed by atoms with Gasteiger partial charge in [-0.25, -0.2) is 4.99 Å². The summed E-state index contributed by atoms with van der Waals surface area (Å²) >= 11 is 5.97. The van der Waals surface area contributed by atoms with Crippen LogP contribution < -0.4 is 21.1 Å². The van der Waals surface area contributed by atoms with Crippen LogP contribution in [-0.4, -0.2) is 55.6 Å². The largest absolute Gasteiger partial charge is 0.434 e. The Bertz CT molecular complexity index is 688. The molecule has 11 heteroatoms. The summed E-state index contributed by atoms with van der Waals surface area (Å²) in [5.41, 5.74) is 5.71. The van der Waals surface area contributed by atoms with Crippen molar-refractivity contribution in [2.24, 2.45) is 10.7 Å². The number of primary amides is 1. The van der Waals surface area contributed by atoms with Crippen molar-refractivity contribution in [2.75, 3.05) is 26.2 Å². The standard InChI is InChI=1S/C18H26ClF2N5O2.HI/c1-2-23-18(25-14-5-7-26(8-6-14)11-16(22)27)24-10-12-9-13(19)3-4-15(12)28-17(20)21;/h3-4,9,14,17H,2,5-8,10-11H2,1H3,(H2,22,27)(H2,23,24,25);1H. The Balaban J connectivity index is 0.00000420. The number of rotatable bonds is 8. The van der Waals surface area contributed by atoms with Gasteiger partial charge in [-0.15, -0.1) is 24.0 Å². The van der Waals surface area contributed by atoms with Crippen LogP contribution in [-0.2, 0) is 11.3 Å². The molecule has 1 aliphatic heterocycles. The third kappa shape index (κ3) is 9.30. The SMILES string of the molecule is CCNC(=NCc1cc(Cl)ccc1OC(F)F)NC1CCN(CC(N)=O)CC1.I. The zero-order chi connectivity index (χ0) is 20.5. The van der Waals surface area contributed by atoms with E-state index < -0.39 is 6.61 Å². The highest BCUT2D eigenvalue weighted by Gasteiger charge is 2.21. The van der Waals surface area contributed by atoms with Gasteiger partial charge in [-0.2, -0.15) is 8.78 Å². The highest BCUT2D eigenvalue weighted by atomic mass is 127. The van der Waals surface area contributed by atoms with E-state index in [0.717, 1.165) is 25.9 Å². The van der Waals surface area contributed by atoms with Crippen LogP contribution in [0.4, 0.5) is 8.78 Å². The number of nitrogens with two attached hydrogens (primary N) is 1. The molecule has 1 heterocycles. The Hall–Kier alpha value is -1.40. The van der Waals surface area contributed by atoms with Gasteiger partial charge in [-0.3, -0.25) is 9.69 Å². The fourth-order valence-electron chi connectivity index (χ4n) is 3.02. The van der Waals surface area contributed by atoms with Crippen molar-refractivity contribution in [2.45, 2.75) is 39.0 Å². The fraction of sp³-hybridized carbons (Fsp3) is 0.556. The molecule has 4 N–H and O–H groups in total. The molecule has 0 bridgehead atoms. The number of nitrogens with one attached hydrogen (secondary N) is 2. The topological polar surface area (TPSA) is 92.0 Å². The van der Waals surface area contributed by atoms with Gasteiger partial charge in [0.25, 0.3) is 0 Å². The van der Waals surface area contributed by atoms with E-state index in [1.165, 1.54) is 12.1 Å². The molecule has 0 radical (unpaired) electrons. The fourth-order valence-corrected chi connectivity index (χ4v) is 3.21. The number of hydrogen-bond donors (Lipinski definition) is 3. The monoisotopic (exact) mass is 545 g/mol. The Labute approximate surface area is 191 Å². The van der Waals surface area contributed by atoms with E-state index in [1.54, 1.807) is 6.07 Å². The maximum absolute atomic E-state index is 12.6. The maximum atomic E-state index is 12.6. The van der Waals surface area contributed by atoms with Crippen molar-refractivity contribution < 1.29 is 18.3 Å². The molecule has 2 rings (SSSR count). The number of benzene rings is 1. The van der Waals surface area contributed by atoms with Crippen molar-refractivity contribution in [3.05, 3.63) is 28.8 Å². The number of carbonyl (C=O) groups excluding carboxylic acids is 1. The number of amides is 1. The summed E-state index contributed by atoms with van der Waals surface area (Å²) < 4.78 is 29.7. The van der Waals surface area contributed by atoms with Gasteiger partial charge in [-0.05, 0) is 38.0 Å². The lowest BCUT2D eigenvalue weighted by molar-refractivity contribution is -0.119. The van der Waals surface area contributed by atoms with Crippen molar-refractivity contribution >= 4 is 47.4 Å². The van der Waals surface area contributed by atoms with E-state index in [0.29, 0.717) is 23.1 Å². The average molecular weight is 546 g/mol. The molecule has 0 aromatic heterocycles. The number of likely N-dealkylation sites (tertiary alicyclic amines) is 1. The van der Waals surface area contributed by atoms with Gasteiger partial charge in [0.05, 0.1) is 13.1 Å². The molecule has 0 spiro atoms. The molecule has 1 saturated heterocycles. The summed E-state index contributed by atoms with van der Waals surface area (Å²) in [5.74, 6) is 0.308. The number of carbonyl (C=O) groups is 1. The quantitative estimate of drug-likeness (QED) is 0.265. The molecule has 0 unspecified atom stereocenters. The second kappa shape index (κ2) is 13.0. The molecule has 1 aromatic carbocycles. The molecule has 1 aliphatic rings. The number of hydrogen-bond acceptors (Lipinski definition) is 4. The molecule has 1 fully saturated rings. The van der Waals surface area contributed by atoms with Crippen LogP contribution in [0.1, 0.15) is 25.3 Å². The third-order valence-corrected chi connectivity index (χ3v) is 4.53. The lowest BCUT2D eigenvalue weighted by atomic mass is 10.1. The smallest absolute Gasteiger partial charge is 0.387 e. The summed E-state index contributed by atoms with van der Waals surface area (Å²) in [5, 5.41) is 6.92. The molecule has 0 atom stereocenters. The van der Waals surface area contributed by atoms with Gasteiger partial charge in [-0.1, -0.05) is 11.6 Å². The minimum absolute atomic E-state index is 0. The van der Waals surface area contributed by atoms with Gasteiger partial charge < -0.3 is 21.1 Å². The van der Waals surface area contributed by atoms with E-state index in [4.69, 9.17) is 17.3 Å². The number of ether oxygens (including phenoxy) is 1. The predicted octanol–water partition coefficient (Wildman–Crippen LogP) is 2.56. The van der Waals surface area contributed by atoms with Gasteiger partial charge in [0.15, 0.2) is 5.96 Å². The predicted molar refractivity (Wildman–Crippen MR) is 120 cm³/mol. The Morgan fingerprint density at radius 2 is 2.10 bits per heavy atom. The summed E-state index contributed by atoms with van der Waals surface area (Å²) in [4.78, 5) is 17.5. The first kappa shape index (κ1) is 25.6. The van der Waals surface area contributed by atoms with E-state index in [9.17, 15) is 13.6 Å². The lowest BCUT2D eigenvalue weighted by Crippen LogP contribution is -2.49. The van der Waals surface area contributed by atoms with E-state index in [1.807, 2.05) is 11.8 Å². The molecule has 29 heavy (non-hydrogen) atoms. The number of nitrogens with zero attached hydrogens (tertiary/aromatic N) is 2. The molecular weight excluding hydrogens is 519 g/mol. The van der Waals surface area contributed by atoms with Crippen LogP contribution in [0.5, 0.6) is 5.75 Å². The van der Waals surface area contributed by atoms with Crippen molar-refractivity contribution in [1.29, 1.82) is 0 Å². The van der Waals surface area contributed by atoms with E-state index in [2.05, 4.69) is 20.4 Å². The van der Waals surface area contributed by atoms with Crippen molar-refractivity contribution in [3.8, 4) is 5.75 Å². The van der Waals surface area contributed by atoms with Crippen molar-refractivity contribution in [1.82, 2.24) is 15.5 Å². The summed E-state index contributed by atoms with van der Waals surface area (Å²) in [6.45, 7) is 1.61. The Kier molecular flexibility index (Phi) is 11.5. The number of halogens is 4. The van der Waals surface area contributed by atoms with Gasteiger partial charge in [0.2, 0.25) is 5.91 Å². The Morgan fingerprint density at radius 3 is 2.69 bits per heavy atom. The molecule has 1 amide bonds. The lowest BCUT2D eigenvalue weighted by Gasteiger charge is -2.32. The van der Waals surface area contributed by atoms with Gasteiger partial charge >= 0.3 is 6.61 Å². The van der Waals surface area contributed by atoms with Crippen LogP contribution in [0.25, 0.3) is 0 Å². The molecule has 7 nitrogen and oxygen atoms in total. The van der Waals surface area contributed by atoms with Gasteiger partial charge in [0, 0.05) is 36.3 Å². The first-order valence-electron chi connectivity index (χ1n) is 9.16. The number of piperidine rings is 1. The van der Waals surface area contributed by atoms with Crippen LogP contribution in [0.2, 0.25) is 5.02 Å². The number of alkyl halides is 2. The second-order valence-corrected chi connectivity index (χ2v) is 6.92. The van der Waals surface area contributed by atoms with Crippen LogP contribution in [0, 0.1) is 0 Å². The normalized spacial score (nSPS) is 15.7. The van der Waals surface area contributed by atoms with Crippen LogP contribution in [0.3, 0.4) is 0 Å². The summed E-state index contributed by atoms with van der Waals surface area (Å²) in [6, 6.07) is 4.66. The molecule has 1 aromatic rings. The zero-order valence-electron chi connectivity index (χ0n) is 16.2. The first-order valence-corrected chi connectivity index (χ1v) is 9.54. The summed E-state index contributed by atoms with van der Waals surface area (Å²) in [7, 11) is 0. The molecular formula is C18H27ClF2IN5O2. The molecule has 0 saturated carbocycles. The summed E-state index contributed by atoms with van der Waals surface area (Å²) in [6.07, 6.45) is 1.68. The second-order valence-electron chi connectivity index (χ2n) is 6.49. The highest BCUT2D eigenvalue weighted by Crippen LogP contribution is 2.25.